The predicted molar refractivity (Wildman–Crippen MR) is 74.6 cm³/mol. The van der Waals surface area contributed by atoms with Crippen LogP contribution < -0.4 is 10.6 Å². The highest BCUT2D eigenvalue weighted by molar-refractivity contribution is 5.50. The molecule has 0 saturated carbocycles. The topological polar surface area (TPSA) is 42.4 Å². The van der Waals surface area contributed by atoms with Crippen LogP contribution in [0.25, 0.3) is 0 Å². The van der Waals surface area contributed by atoms with Crippen LogP contribution in [0.15, 0.2) is 34.7 Å². The summed E-state index contributed by atoms with van der Waals surface area (Å²) in [4.78, 5) is 2.18. The van der Waals surface area contributed by atoms with Gasteiger partial charge in [-0.05, 0) is 49.2 Å². The summed E-state index contributed by atoms with van der Waals surface area (Å²) in [5.41, 5.74) is 9.30. The molecule has 0 radical (unpaired) electrons. The summed E-state index contributed by atoms with van der Waals surface area (Å²) in [5.74, 6) is 1.77. The SMILES string of the molecule is Cc1cc(C)cc(N(C)Cc2ccc(CN)o2)c1. The molecule has 0 amide bonds. The maximum Gasteiger partial charge on any atom is 0.123 e. The van der Waals surface area contributed by atoms with Crippen LogP contribution in [0, 0.1) is 13.8 Å². The number of rotatable bonds is 4. The van der Waals surface area contributed by atoms with Crippen LogP contribution >= 0.6 is 0 Å². The van der Waals surface area contributed by atoms with Crippen LogP contribution in [0.5, 0.6) is 0 Å². The third-order valence-corrected chi connectivity index (χ3v) is 2.96. The van der Waals surface area contributed by atoms with E-state index in [1.165, 1.54) is 16.8 Å². The molecule has 0 aliphatic rings. The van der Waals surface area contributed by atoms with Crippen LogP contribution in [0.4, 0.5) is 5.69 Å². The van der Waals surface area contributed by atoms with E-state index in [2.05, 4.69) is 44.0 Å². The van der Waals surface area contributed by atoms with E-state index >= 15 is 0 Å². The van der Waals surface area contributed by atoms with E-state index in [4.69, 9.17) is 10.2 Å². The molecule has 0 spiro atoms. The highest BCUT2D eigenvalue weighted by Gasteiger charge is 2.06. The van der Waals surface area contributed by atoms with Crippen molar-refractivity contribution in [3.8, 4) is 0 Å². The lowest BCUT2D eigenvalue weighted by Gasteiger charge is -2.19. The molecule has 2 N–H and O–H groups in total. The first-order valence-corrected chi connectivity index (χ1v) is 6.15. The van der Waals surface area contributed by atoms with Gasteiger partial charge in [0.2, 0.25) is 0 Å². The molecule has 0 unspecified atom stereocenters. The van der Waals surface area contributed by atoms with Gasteiger partial charge in [-0.2, -0.15) is 0 Å². The summed E-state index contributed by atoms with van der Waals surface area (Å²) in [6.07, 6.45) is 0. The Balaban J connectivity index is 2.13. The van der Waals surface area contributed by atoms with Gasteiger partial charge < -0.3 is 15.1 Å². The number of furan rings is 1. The van der Waals surface area contributed by atoms with Gasteiger partial charge in [-0.3, -0.25) is 0 Å². The molecular formula is C15H20N2O. The molecule has 1 aromatic carbocycles. The third kappa shape index (κ3) is 2.93. The van der Waals surface area contributed by atoms with E-state index in [-0.39, 0.29) is 0 Å². The van der Waals surface area contributed by atoms with Crippen molar-refractivity contribution in [3.63, 3.8) is 0 Å². The molecule has 3 nitrogen and oxygen atoms in total. The zero-order chi connectivity index (χ0) is 13.1. The zero-order valence-corrected chi connectivity index (χ0v) is 11.2. The second kappa shape index (κ2) is 5.27. The Morgan fingerprint density at radius 2 is 1.67 bits per heavy atom. The molecule has 0 fully saturated rings. The van der Waals surface area contributed by atoms with E-state index in [1.54, 1.807) is 0 Å². The maximum atomic E-state index is 5.62. The van der Waals surface area contributed by atoms with E-state index in [1.807, 2.05) is 12.1 Å². The Hall–Kier alpha value is -1.74. The number of nitrogens with zero attached hydrogens (tertiary/aromatic N) is 1. The lowest BCUT2D eigenvalue weighted by atomic mass is 10.1. The van der Waals surface area contributed by atoms with Gasteiger partial charge in [-0.15, -0.1) is 0 Å². The molecule has 0 aliphatic carbocycles. The van der Waals surface area contributed by atoms with Crippen molar-refractivity contribution in [1.82, 2.24) is 0 Å². The van der Waals surface area contributed by atoms with Crippen molar-refractivity contribution in [2.24, 2.45) is 5.73 Å². The Labute approximate surface area is 108 Å². The fourth-order valence-corrected chi connectivity index (χ4v) is 2.11. The largest absolute Gasteiger partial charge is 0.463 e. The van der Waals surface area contributed by atoms with Gasteiger partial charge in [0, 0.05) is 12.7 Å². The molecule has 2 aromatic rings. The minimum absolute atomic E-state index is 0.452. The molecule has 1 aromatic heterocycles. The van der Waals surface area contributed by atoms with Crippen LogP contribution in [0.3, 0.4) is 0 Å². The van der Waals surface area contributed by atoms with Gasteiger partial charge in [0.25, 0.3) is 0 Å². The Morgan fingerprint density at radius 1 is 1.06 bits per heavy atom. The van der Waals surface area contributed by atoms with Crippen molar-refractivity contribution >= 4 is 5.69 Å². The van der Waals surface area contributed by atoms with Gasteiger partial charge in [0.15, 0.2) is 0 Å². The molecule has 96 valence electrons. The fraction of sp³-hybridized carbons (Fsp3) is 0.333. The summed E-state index contributed by atoms with van der Waals surface area (Å²) in [6.45, 7) is 5.43. The smallest absolute Gasteiger partial charge is 0.123 e. The second-order valence-electron chi connectivity index (χ2n) is 4.77. The lowest BCUT2D eigenvalue weighted by molar-refractivity contribution is 0.465. The summed E-state index contributed by atoms with van der Waals surface area (Å²) in [7, 11) is 2.07. The van der Waals surface area contributed by atoms with Crippen molar-refractivity contribution in [2.45, 2.75) is 26.9 Å². The average Bonchev–Trinajstić information content (AvgIpc) is 2.75. The first-order chi connectivity index (χ1) is 8.58. The second-order valence-corrected chi connectivity index (χ2v) is 4.77. The average molecular weight is 244 g/mol. The summed E-state index contributed by atoms with van der Waals surface area (Å²) in [6, 6.07) is 10.5. The minimum atomic E-state index is 0.452. The van der Waals surface area contributed by atoms with Crippen LogP contribution in [0.2, 0.25) is 0 Å². The van der Waals surface area contributed by atoms with E-state index in [9.17, 15) is 0 Å². The van der Waals surface area contributed by atoms with Crippen molar-refractivity contribution in [2.75, 3.05) is 11.9 Å². The van der Waals surface area contributed by atoms with Gasteiger partial charge in [-0.25, -0.2) is 0 Å². The quantitative estimate of drug-likeness (QED) is 0.899. The summed E-state index contributed by atoms with van der Waals surface area (Å²) >= 11 is 0. The number of nitrogens with two attached hydrogens (primary N) is 1. The molecule has 0 aliphatic heterocycles. The summed E-state index contributed by atoms with van der Waals surface area (Å²) in [5, 5.41) is 0. The van der Waals surface area contributed by atoms with Crippen molar-refractivity contribution < 1.29 is 4.42 Å². The third-order valence-electron chi connectivity index (χ3n) is 2.96. The van der Waals surface area contributed by atoms with Crippen LogP contribution in [-0.4, -0.2) is 7.05 Å². The Morgan fingerprint density at radius 3 is 2.22 bits per heavy atom. The highest BCUT2D eigenvalue weighted by Crippen LogP contribution is 2.20. The number of aryl methyl sites for hydroxylation is 2. The minimum Gasteiger partial charge on any atom is -0.463 e. The highest BCUT2D eigenvalue weighted by atomic mass is 16.3. The molecule has 2 rings (SSSR count). The van der Waals surface area contributed by atoms with Crippen molar-refractivity contribution in [3.05, 3.63) is 53.0 Å². The van der Waals surface area contributed by atoms with Crippen molar-refractivity contribution in [1.29, 1.82) is 0 Å². The first-order valence-electron chi connectivity index (χ1n) is 6.15. The molecule has 0 saturated heterocycles. The van der Waals surface area contributed by atoms with E-state index in [0.717, 1.165) is 18.1 Å². The number of benzene rings is 1. The van der Waals surface area contributed by atoms with Crippen LogP contribution in [0.1, 0.15) is 22.6 Å². The monoisotopic (exact) mass is 244 g/mol. The molecule has 0 atom stereocenters. The normalized spacial score (nSPS) is 10.7. The molecular weight excluding hydrogens is 224 g/mol. The van der Waals surface area contributed by atoms with E-state index < -0.39 is 0 Å². The predicted octanol–water partition coefficient (Wildman–Crippen LogP) is 2.99. The molecule has 18 heavy (non-hydrogen) atoms. The standard InChI is InChI=1S/C15H20N2O/c1-11-6-12(2)8-13(7-11)17(3)10-15-5-4-14(9-16)18-15/h4-8H,9-10,16H2,1-3H3. The number of anilines is 1. The number of hydrogen-bond donors (Lipinski definition) is 1. The van der Waals surface area contributed by atoms with Crippen LogP contribution in [-0.2, 0) is 13.1 Å². The number of hydrogen-bond acceptors (Lipinski definition) is 3. The van der Waals surface area contributed by atoms with Gasteiger partial charge in [-0.1, -0.05) is 6.07 Å². The zero-order valence-electron chi connectivity index (χ0n) is 11.2. The Kier molecular flexibility index (Phi) is 3.72. The maximum absolute atomic E-state index is 5.62. The van der Waals surface area contributed by atoms with E-state index in [0.29, 0.717) is 6.54 Å². The molecule has 3 heteroatoms. The van der Waals surface area contributed by atoms with Gasteiger partial charge in [0.05, 0.1) is 13.1 Å². The molecule has 1 heterocycles. The van der Waals surface area contributed by atoms with Gasteiger partial charge in [0.1, 0.15) is 11.5 Å². The lowest BCUT2D eigenvalue weighted by Crippen LogP contribution is -2.16. The van der Waals surface area contributed by atoms with Gasteiger partial charge >= 0.3 is 0 Å². The Bertz CT molecular complexity index is 511. The first kappa shape index (κ1) is 12.7. The summed E-state index contributed by atoms with van der Waals surface area (Å²) < 4.78 is 5.62. The fourth-order valence-electron chi connectivity index (χ4n) is 2.11. The molecule has 0 bridgehead atoms.